The maximum Gasteiger partial charge on any atom is 0.329 e. The predicted octanol–water partition coefficient (Wildman–Crippen LogP) is 1.82. The Morgan fingerprint density at radius 2 is 1.95 bits per heavy atom. The monoisotopic (exact) mass is 263 g/mol. The highest BCUT2D eigenvalue weighted by Gasteiger charge is 2.45. The highest BCUT2D eigenvalue weighted by atomic mass is 16.5. The van der Waals surface area contributed by atoms with E-state index >= 15 is 0 Å². The molecular formula is C14H17NO4. The Bertz CT molecular complexity index is 477. The summed E-state index contributed by atoms with van der Waals surface area (Å²) in [7, 11) is 0. The molecule has 1 aliphatic carbocycles. The van der Waals surface area contributed by atoms with E-state index in [0.29, 0.717) is 30.8 Å². The van der Waals surface area contributed by atoms with E-state index in [-0.39, 0.29) is 5.91 Å². The number of aliphatic carboxylic acids is 1. The van der Waals surface area contributed by atoms with E-state index < -0.39 is 11.5 Å². The molecule has 5 heteroatoms. The molecule has 0 aromatic heterocycles. The van der Waals surface area contributed by atoms with E-state index in [0.717, 1.165) is 6.42 Å². The van der Waals surface area contributed by atoms with Gasteiger partial charge in [-0.2, -0.15) is 0 Å². The molecule has 5 nitrogen and oxygen atoms in total. The fraction of sp³-hybridized carbons (Fsp3) is 0.429. The quantitative estimate of drug-likeness (QED) is 0.849. The first-order valence-corrected chi connectivity index (χ1v) is 6.36. The van der Waals surface area contributed by atoms with E-state index in [1.165, 1.54) is 0 Å². The summed E-state index contributed by atoms with van der Waals surface area (Å²) < 4.78 is 5.29. The summed E-state index contributed by atoms with van der Waals surface area (Å²) in [6.45, 7) is 2.45. The number of carbonyl (C=O) groups excluding carboxylic acids is 1. The topological polar surface area (TPSA) is 75.6 Å². The van der Waals surface area contributed by atoms with Crippen LogP contribution in [0.1, 0.15) is 36.5 Å². The third-order valence-electron chi connectivity index (χ3n) is 3.40. The number of hydrogen-bond acceptors (Lipinski definition) is 3. The van der Waals surface area contributed by atoms with E-state index in [9.17, 15) is 9.59 Å². The second kappa shape index (κ2) is 5.30. The Balaban J connectivity index is 2.05. The summed E-state index contributed by atoms with van der Waals surface area (Å²) in [6.07, 6.45) is 1.81. The maximum atomic E-state index is 12.0. The van der Waals surface area contributed by atoms with Crippen LogP contribution in [0.15, 0.2) is 24.3 Å². The maximum absolute atomic E-state index is 12.0. The van der Waals surface area contributed by atoms with Crippen molar-refractivity contribution in [2.75, 3.05) is 6.61 Å². The van der Waals surface area contributed by atoms with Crippen LogP contribution >= 0.6 is 0 Å². The Hall–Kier alpha value is -2.04. The second-order valence-corrected chi connectivity index (χ2v) is 4.65. The van der Waals surface area contributed by atoms with Gasteiger partial charge in [-0.05, 0) is 50.5 Å². The normalized spacial score (nSPS) is 16.3. The van der Waals surface area contributed by atoms with Gasteiger partial charge in [0.1, 0.15) is 11.3 Å². The average Bonchev–Trinajstić information content (AvgIpc) is 2.34. The number of hydrogen-bond donors (Lipinski definition) is 2. The largest absolute Gasteiger partial charge is 0.494 e. The van der Waals surface area contributed by atoms with Gasteiger partial charge in [-0.25, -0.2) is 4.79 Å². The molecular weight excluding hydrogens is 246 g/mol. The van der Waals surface area contributed by atoms with Crippen molar-refractivity contribution in [2.45, 2.75) is 31.7 Å². The van der Waals surface area contributed by atoms with Crippen molar-refractivity contribution in [1.29, 1.82) is 0 Å². The zero-order valence-corrected chi connectivity index (χ0v) is 10.8. The molecule has 1 amide bonds. The second-order valence-electron chi connectivity index (χ2n) is 4.65. The van der Waals surface area contributed by atoms with Gasteiger partial charge in [-0.3, -0.25) is 4.79 Å². The van der Waals surface area contributed by atoms with Gasteiger partial charge < -0.3 is 15.2 Å². The van der Waals surface area contributed by atoms with Gasteiger partial charge in [-0.15, -0.1) is 0 Å². The van der Waals surface area contributed by atoms with Crippen molar-refractivity contribution in [3.63, 3.8) is 0 Å². The van der Waals surface area contributed by atoms with Gasteiger partial charge in [0.15, 0.2) is 0 Å². The number of carboxylic acids is 1. The Morgan fingerprint density at radius 3 is 2.37 bits per heavy atom. The molecule has 0 heterocycles. The third kappa shape index (κ3) is 2.70. The predicted molar refractivity (Wildman–Crippen MR) is 69.3 cm³/mol. The zero-order valence-electron chi connectivity index (χ0n) is 10.8. The minimum Gasteiger partial charge on any atom is -0.494 e. The van der Waals surface area contributed by atoms with E-state index in [4.69, 9.17) is 9.84 Å². The molecule has 19 heavy (non-hydrogen) atoms. The Labute approximate surface area is 111 Å². The van der Waals surface area contributed by atoms with Crippen LogP contribution in [0.5, 0.6) is 5.75 Å². The van der Waals surface area contributed by atoms with Crippen LogP contribution in [0.3, 0.4) is 0 Å². The number of carboxylic acid groups (broad SMARTS) is 1. The van der Waals surface area contributed by atoms with E-state index in [1.807, 2.05) is 6.92 Å². The number of nitrogens with one attached hydrogen (secondary N) is 1. The molecule has 0 unspecified atom stereocenters. The molecule has 1 aromatic carbocycles. The summed E-state index contributed by atoms with van der Waals surface area (Å²) in [4.78, 5) is 23.2. The molecule has 0 bridgehead atoms. The van der Waals surface area contributed by atoms with Gasteiger partial charge in [0.25, 0.3) is 5.91 Å². The summed E-state index contributed by atoms with van der Waals surface area (Å²) >= 11 is 0. The van der Waals surface area contributed by atoms with Crippen molar-refractivity contribution in [3.05, 3.63) is 29.8 Å². The molecule has 1 saturated carbocycles. The summed E-state index contributed by atoms with van der Waals surface area (Å²) in [5.41, 5.74) is -0.633. The molecule has 2 N–H and O–H groups in total. The standard InChI is InChI=1S/C14H17NO4/c1-2-19-11-6-4-10(5-7-11)12(16)15-14(13(17)18)8-3-9-14/h4-7H,2-3,8-9H2,1H3,(H,15,16)(H,17,18). The Morgan fingerprint density at radius 1 is 1.32 bits per heavy atom. The molecule has 1 aromatic rings. The first-order valence-electron chi connectivity index (χ1n) is 6.36. The SMILES string of the molecule is CCOc1ccc(C(=O)NC2(C(=O)O)CCC2)cc1. The van der Waals surface area contributed by atoms with Crippen LogP contribution in [-0.4, -0.2) is 29.1 Å². The van der Waals surface area contributed by atoms with Gasteiger partial charge in [-0.1, -0.05) is 0 Å². The van der Waals surface area contributed by atoms with Crippen LogP contribution in [0.4, 0.5) is 0 Å². The number of carbonyl (C=O) groups is 2. The number of benzene rings is 1. The average molecular weight is 263 g/mol. The molecule has 1 aliphatic rings. The van der Waals surface area contributed by atoms with E-state index in [1.54, 1.807) is 24.3 Å². The van der Waals surface area contributed by atoms with Gasteiger partial charge in [0.05, 0.1) is 6.61 Å². The van der Waals surface area contributed by atoms with Crippen molar-refractivity contribution in [1.82, 2.24) is 5.32 Å². The van der Waals surface area contributed by atoms with Crippen molar-refractivity contribution >= 4 is 11.9 Å². The van der Waals surface area contributed by atoms with Crippen LogP contribution in [0.25, 0.3) is 0 Å². The molecule has 0 radical (unpaired) electrons. The number of rotatable bonds is 5. The summed E-state index contributed by atoms with van der Waals surface area (Å²) in [5, 5.41) is 11.8. The molecule has 0 saturated heterocycles. The van der Waals surface area contributed by atoms with Gasteiger partial charge in [0, 0.05) is 5.56 Å². The first-order chi connectivity index (χ1) is 9.07. The molecule has 0 atom stereocenters. The molecule has 0 spiro atoms. The van der Waals surface area contributed by atoms with Crippen molar-refractivity contribution in [2.24, 2.45) is 0 Å². The fourth-order valence-corrected chi connectivity index (χ4v) is 2.08. The van der Waals surface area contributed by atoms with Crippen LogP contribution in [-0.2, 0) is 4.79 Å². The smallest absolute Gasteiger partial charge is 0.329 e. The molecule has 0 aliphatic heterocycles. The fourth-order valence-electron chi connectivity index (χ4n) is 2.08. The van der Waals surface area contributed by atoms with Crippen molar-refractivity contribution in [3.8, 4) is 5.75 Å². The number of amides is 1. The lowest BCUT2D eigenvalue weighted by Gasteiger charge is -2.38. The lowest BCUT2D eigenvalue weighted by molar-refractivity contribution is -0.148. The van der Waals surface area contributed by atoms with E-state index in [2.05, 4.69) is 5.32 Å². The number of ether oxygens (including phenoxy) is 1. The summed E-state index contributed by atoms with van der Waals surface area (Å²) in [5.74, 6) is -0.626. The van der Waals surface area contributed by atoms with Gasteiger partial charge >= 0.3 is 5.97 Å². The van der Waals surface area contributed by atoms with Gasteiger partial charge in [0.2, 0.25) is 0 Å². The lowest BCUT2D eigenvalue weighted by atomic mass is 9.76. The summed E-state index contributed by atoms with van der Waals surface area (Å²) in [6, 6.07) is 6.67. The first kappa shape index (κ1) is 13.4. The lowest BCUT2D eigenvalue weighted by Crippen LogP contribution is -2.59. The van der Waals surface area contributed by atoms with Crippen LogP contribution in [0, 0.1) is 0 Å². The van der Waals surface area contributed by atoms with Crippen LogP contribution in [0.2, 0.25) is 0 Å². The highest BCUT2D eigenvalue weighted by molar-refractivity contribution is 5.98. The highest BCUT2D eigenvalue weighted by Crippen LogP contribution is 2.32. The zero-order chi connectivity index (χ0) is 13.9. The van der Waals surface area contributed by atoms with Crippen LogP contribution < -0.4 is 10.1 Å². The molecule has 2 rings (SSSR count). The third-order valence-corrected chi connectivity index (χ3v) is 3.40. The molecule has 1 fully saturated rings. The molecule has 102 valence electrons. The minimum absolute atomic E-state index is 0.356. The minimum atomic E-state index is -1.07. The van der Waals surface area contributed by atoms with Crippen molar-refractivity contribution < 1.29 is 19.4 Å². The Kier molecular flexibility index (Phi) is 3.74.